The Balaban J connectivity index is 2.43. The van der Waals surface area contributed by atoms with E-state index in [0.29, 0.717) is 26.0 Å². The smallest absolute Gasteiger partial charge is 0.332 e. The number of nitrogens with zero attached hydrogens (tertiary/aromatic N) is 1. The molecule has 0 amide bonds. The van der Waals surface area contributed by atoms with Crippen LogP contribution in [0.4, 0.5) is 0 Å². The topological polar surface area (TPSA) is 91.4 Å². The lowest BCUT2D eigenvalue weighted by Gasteiger charge is -2.12. The zero-order valence-corrected chi connectivity index (χ0v) is 37.9. The van der Waals surface area contributed by atoms with Gasteiger partial charge < -0.3 is 23.8 Å². The first-order chi connectivity index (χ1) is 28.8. The Kier molecular flexibility index (Phi) is 36.2. The van der Waals surface area contributed by atoms with E-state index in [2.05, 4.69) is 62.5 Å². The van der Waals surface area contributed by atoms with Crippen LogP contribution in [0.5, 0.6) is 0 Å². The number of carbonyl (C=O) groups is 3. The zero-order chi connectivity index (χ0) is 42.9. The summed E-state index contributed by atoms with van der Waals surface area (Å²) in [7, 11) is 3.83. The molecule has 1 aromatic carbocycles. The second-order valence-corrected chi connectivity index (χ2v) is 16.0. The van der Waals surface area contributed by atoms with Crippen molar-refractivity contribution in [2.75, 3.05) is 33.9 Å². The Morgan fingerprint density at radius 2 is 0.864 bits per heavy atom. The monoisotopic (exact) mass is 822 g/mol. The van der Waals surface area contributed by atoms with Gasteiger partial charge in [-0.05, 0) is 114 Å². The lowest BCUT2D eigenvalue weighted by Crippen LogP contribution is -2.22. The van der Waals surface area contributed by atoms with Gasteiger partial charge in [0.2, 0.25) is 0 Å². The minimum atomic E-state index is -0.423. The summed E-state index contributed by atoms with van der Waals surface area (Å²) in [5.74, 6) is -0.862. The highest BCUT2D eigenvalue weighted by Crippen LogP contribution is 2.17. The summed E-state index contributed by atoms with van der Waals surface area (Å²) in [6, 6.07) is 5.70. The predicted molar refractivity (Wildman–Crippen MR) is 244 cm³/mol. The minimum absolute atomic E-state index is 0.117. The van der Waals surface area contributed by atoms with E-state index in [1.807, 2.05) is 37.2 Å². The van der Waals surface area contributed by atoms with Gasteiger partial charge in [-0.2, -0.15) is 0 Å². The molecule has 0 saturated heterocycles. The van der Waals surface area contributed by atoms with Gasteiger partial charge in [-0.3, -0.25) is 9.59 Å². The first kappa shape index (κ1) is 53.5. The normalized spacial score (nSPS) is 11.9. The number of likely N-dealkylation sites (N-methyl/N-ethyl adjacent to an activating group) is 1. The van der Waals surface area contributed by atoms with Gasteiger partial charge in [0, 0.05) is 19.4 Å². The maximum absolute atomic E-state index is 12.6. The van der Waals surface area contributed by atoms with Crippen LogP contribution in [-0.4, -0.2) is 56.7 Å². The first-order valence-corrected chi connectivity index (χ1v) is 23.2. The van der Waals surface area contributed by atoms with Crippen LogP contribution in [0.2, 0.25) is 0 Å². The molecule has 1 aromatic rings. The van der Waals surface area contributed by atoms with E-state index in [9.17, 15) is 14.4 Å². The van der Waals surface area contributed by atoms with Gasteiger partial charge in [0.15, 0.2) is 0 Å². The molecule has 0 aliphatic rings. The number of esters is 3. The van der Waals surface area contributed by atoms with E-state index >= 15 is 0 Å². The molecule has 334 valence electrons. The lowest BCUT2D eigenvalue weighted by molar-refractivity contribution is -0.150. The van der Waals surface area contributed by atoms with E-state index in [1.54, 1.807) is 0 Å². The average Bonchev–Trinajstić information content (AvgIpc) is 3.22. The predicted octanol–water partition coefficient (Wildman–Crippen LogP) is 13.0. The fourth-order valence-corrected chi connectivity index (χ4v) is 6.36. The molecule has 0 saturated carbocycles. The number of hydrogen-bond donors (Lipinski definition) is 0. The van der Waals surface area contributed by atoms with Crippen LogP contribution in [0, 0.1) is 0 Å². The summed E-state index contributed by atoms with van der Waals surface area (Å²) in [6.45, 7) is 5.65. The third-order valence-electron chi connectivity index (χ3n) is 9.87. The number of hydrogen-bond acceptors (Lipinski definition) is 8. The second kappa shape index (κ2) is 39.9. The molecule has 0 spiro atoms. The molecule has 0 aliphatic heterocycles. The van der Waals surface area contributed by atoms with Crippen LogP contribution in [0.3, 0.4) is 0 Å². The number of unbranched alkanes of at least 4 members (excludes halogenated alkanes) is 16. The van der Waals surface area contributed by atoms with Crippen molar-refractivity contribution >= 4 is 17.9 Å². The molecular weight excluding hydrogens is 739 g/mol. The van der Waals surface area contributed by atoms with Crippen molar-refractivity contribution in [3.8, 4) is 0 Å². The molecule has 0 bridgehead atoms. The Morgan fingerprint density at radius 3 is 1.29 bits per heavy atom. The van der Waals surface area contributed by atoms with Gasteiger partial charge in [-0.1, -0.05) is 139 Å². The van der Waals surface area contributed by atoms with Gasteiger partial charge >= 0.3 is 17.9 Å². The molecular formula is C51H83NO7. The Bertz CT molecular complexity index is 1230. The Labute approximate surface area is 360 Å². The molecule has 0 atom stereocenters. The third-order valence-corrected chi connectivity index (χ3v) is 9.87. The maximum Gasteiger partial charge on any atom is 0.332 e. The SMILES string of the molecule is CCCCC/C=C\C/C=C\CCCCCCCC(=O)OCc1cc(COCC(=O)OCCN(C)C)cc(COC(=O)CCCCCCC/C=C\C/C=C\CCCCC)c1. The quantitative estimate of drug-likeness (QED) is 0.0281. The van der Waals surface area contributed by atoms with E-state index in [1.165, 1.54) is 64.2 Å². The standard InChI is InChI=1S/C51H83NO7/c1-5-7-9-11-13-15-17-19-21-23-25-27-29-31-33-35-49(53)58-43-47-39-46(42-56-45-51(55)57-38-37-52(3)4)40-48(41-47)44-59-50(54)36-34-32-30-28-26-24-22-20-18-16-14-12-10-8-6-2/h13-16,19-22,39-41H,5-12,17-18,23-38,42-45H2,1-4H3/b15-13-,16-14-,21-19-,22-20-. The van der Waals surface area contributed by atoms with Gasteiger partial charge in [0.25, 0.3) is 0 Å². The summed E-state index contributed by atoms with van der Waals surface area (Å²) >= 11 is 0. The van der Waals surface area contributed by atoms with Gasteiger partial charge in [0.05, 0.1) is 6.61 Å². The molecule has 8 nitrogen and oxygen atoms in total. The van der Waals surface area contributed by atoms with Gasteiger partial charge in [-0.25, -0.2) is 4.79 Å². The number of rotatable bonds is 39. The van der Waals surface area contributed by atoms with Crippen molar-refractivity contribution in [3.05, 3.63) is 83.5 Å². The van der Waals surface area contributed by atoms with Crippen molar-refractivity contribution in [2.45, 2.75) is 188 Å². The minimum Gasteiger partial charge on any atom is -0.463 e. The number of ether oxygens (including phenoxy) is 4. The molecule has 1 rings (SSSR count). The number of carbonyl (C=O) groups excluding carboxylic acids is 3. The van der Waals surface area contributed by atoms with Crippen molar-refractivity contribution in [1.29, 1.82) is 0 Å². The van der Waals surface area contributed by atoms with E-state index in [-0.39, 0.29) is 38.4 Å². The molecule has 0 fully saturated rings. The fraction of sp³-hybridized carbons (Fsp3) is 0.667. The Morgan fingerprint density at radius 1 is 0.475 bits per heavy atom. The molecule has 0 N–H and O–H groups in total. The summed E-state index contributed by atoms with van der Waals surface area (Å²) < 4.78 is 22.2. The zero-order valence-electron chi connectivity index (χ0n) is 37.9. The van der Waals surface area contributed by atoms with E-state index in [0.717, 1.165) is 93.7 Å². The van der Waals surface area contributed by atoms with Crippen molar-refractivity contribution < 1.29 is 33.3 Å². The molecule has 59 heavy (non-hydrogen) atoms. The van der Waals surface area contributed by atoms with Gasteiger partial charge in [-0.15, -0.1) is 0 Å². The summed E-state index contributed by atoms with van der Waals surface area (Å²) in [5.41, 5.74) is 2.37. The number of benzene rings is 1. The number of allylic oxidation sites excluding steroid dienone is 8. The molecule has 0 aromatic heterocycles. The fourth-order valence-electron chi connectivity index (χ4n) is 6.36. The molecule has 0 aliphatic carbocycles. The Hall–Kier alpha value is -3.49. The molecule has 0 heterocycles. The average molecular weight is 822 g/mol. The van der Waals surface area contributed by atoms with Gasteiger partial charge in [0.1, 0.15) is 26.4 Å². The van der Waals surface area contributed by atoms with Crippen molar-refractivity contribution in [3.63, 3.8) is 0 Å². The highest BCUT2D eigenvalue weighted by Gasteiger charge is 2.10. The largest absolute Gasteiger partial charge is 0.463 e. The lowest BCUT2D eigenvalue weighted by atomic mass is 10.1. The summed E-state index contributed by atoms with van der Waals surface area (Å²) in [6.07, 6.45) is 43.9. The maximum atomic E-state index is 12.6. The summed E-state index contributed by atoms with van der Waals surface area (Å²) in [5, 5.41) is 0. The second-order valence-electron chi connectivity index (χ2n) is 16.0. The van der Waals surface area contributed by atoms with E-state index < -0.39 is 5.97 Å². The van der Waals surface area contributed by atoms with Crippen molar-refractivity contribution in [2.24, 2.45) is 0 Å². The van der Waals surface area contributed by atoms with Crippen LogP contribution in [0.15, 0.2) is 66.8 Å². The van der Waals surface area contributed by atoms with E-state index in [4.69, 9.17) is 18.9 Å². The highest BCUT2D eigenvalue weighted by molar-refractivity contribution is 5.70. The first-order valence-electron chi connectivity index (χ1n) is 23.2. The van der Waals surface area contributed by atoms with Crippen LogP contribution in [0.1, 0.15) is 185 Å². The molecule has 0 unspecified atom stereocenters. The van der Waals surface area contributed by atoms with Crippen LogP contribution in [0.25, 0.3) is 0 Å². The van der Waals surface area contributed by atoms with Crippen LogP contribution in [-0.2, 0) is 53.2 Å². The molecule has 8 heteroatoms. The van der Waals surface area contributed by atoms with Crippen molar-refractivity contribution in [1.82, 2.24) is 4.90 Å². The summed E-state index contributed by atoms with van der Waals surface area (Å²) in [4.78, 5) is 39.3. The highest BCUT2D eigenvalue weighted by atomic mass is 16.6. The van der Waals surface area contributed by atoms with Crippen LogP contribution < -0.4 is 0 Å². The van der Waals surface area contributed by atoms with Crippen LogP contribution >= 0.6 is 0 Å². The third kappa shape index (κ3) is 36.1. The molecule has 0 radical (unpaired) electrons.